The molecule has 2 saturated heterocycles. The van der Waals surface area contributed by atoms with Crippen LogP contribution in [0.25, 0.3) is 0 Å². The van der Waals surface area contributed by atoms with Crippen molar-refractivity contribution in [3.63, 3.8) is 0 Å². The first-order valence-corrected chi connectivity index (χ1v) is 10.3. The molecule has 3 rings (SSSR count). The largest absolute Gasteiger partial charge is 0.416 e. The van der Waals surface area contributed by atoms with Gasteiger partial charge in [0.2, 0.25) is 5.91 Å². The third kappa shape index (κ3) is 8.77. The Kier molecular flexibility index (Phi) is 11.8. The molecule has 2 aliphatic heterocycles. The number of benzene rings is 1. The zero-order valence-corrected chi connectivity index (χ0v) is 19.8. The summed E-state index contributed by atoms with van der Waals surface area (Å²) in [5.74, 6) is 0.165. The fourth-order valence-electron chi connectivity index (χ4n) is 3.62. The second-order valence-electron chi connectivity index (χ2n) is 7.90. The molecular weight excluding hydrogens is 468 g/mol. The number of carbonyl (C=O) groups excluding carboxylic acids is 1. The lowest BCUT2D eigenvalue weighted by Crippen LogP contribution is -2.46. The first-order valence-electron chi connectivity index (χ1n) is 10.3. The van der Waals surface area contributed by atoms with Crippen molar-refractivity contribution in [3.05, 3.63) is 35.4 Å². The zero-order valence-electron chi connectivity index (χ0n) is 18.1. The predicted molar refractivity (Wildman–Crippen MR) is 123 cm³/mol. The number of alkyl halides is 3. The minimum atomic E-state index is -4.37. The van der Waals surface area contributed by atoms with Gasteiger partial charge in [-0.1, -0.05) is 17.3 Å². The van der Waals surface area contributed by atoms with Crippen LogP contribution in [0.15, 0.2) is 29.4 Å². The number of carbonyl (C=O) groups is 1. The number of hydrogen-bond donors (Lipinski definition) is 0. The summed E-state index contributed by atoms with van der Waals surface area (Å²) in [4.78, 5) is 24.2. The van der Waals surface area contributed by atoms with Gasteiger partial charge in [0.25, 0.3) is 0 Å². The maximum atomic E-state index is 12.8. The number of likely N-dealkylation sites (N-methyl/N-ethyl adjacent to an activating group) is 1. The van der Waals surface area contributed by atoms with Gasteiger partial charge in [0, 0.05) is 65.1 Å². The standard InChI is InChI=1S/C21H29F3N4O2.2ClH/c1-26-11-13-27(14-12-26)8-7-20(29)28-9-5-19(6-10-28)25-30-16-17-3-2-4-18(15-17)21(22,23)24;;/h2-4,15H,5-14,16H2,1H3;2*1H. The maximum Gasteiger partial charge on any atom is 0.416 e. The summed E-state index contributed by atoms with van der Waals surface area (Å²) < 4.78 is 38.3. The Bertz CT molecular complexity index is 747. The summed E-state index contributed by atoms with van der Waals surface area (Å²) in [7, 11) is 2.11. The number of rotatable bonds is 6. The average molecular weight is 499 g/mol. The normalized spacial score (nSPS) is 17.9. The Hall–Kier alpha value is -1.55. The molecule has 0 aromatic heterocycles. The van der Waals surface area contributed by atoms with E-state index < -0.39 is 11.7 Å². The van der Waals surface area contributed by atoms with Crippen molar-refractivity contribution in [2.24, 2.45) is 5.16 Å². The minimum absolute atomic E-state index is 0. The smallest absolute Gasteiger partial charge is 0.391 e. The van der Waals surface area contributed by atoms with Crippen LogP contribution in [0.3, 0.4) is 0 Å². The molecule has 2 fully saturated rings. The van der Waals surface area contributed by atoms with Crippen molar-refractivity contribution in [3.8, 4) is 0 Å². The first-order chi connectivity index (χ1) is 14.3. The molecule has 32 heavy (non-hydrogen) atoms. The molecule has 1 aromatic carbocycles. The number of halogens is 5. The molecule has 2 heterocycles. The van der Waals surface area contributed by atoms with E-state index in [4.69, 9.17) is 4.84 Å². The predicted octanol–water partition coefficient (Wildman–Crippen LogP) is 3.68. The summed E-state index contributed by atoms with van der Waals surface area (Å²) in [6.07, 6.45) is -2.58. The fraction of sp³-hybridized carbons (Fsp3) is 0.619. The number of oxime groups is 1. The van der Waals surface area contributed by atoms with Gasteiger partial charge in [-0.3, -0.25) is 4.79 Å². The number of hydrogen-bond acceptors (Lipinski definition) is 5. The number of likely N-dealkylation sites (tertiary alicyclic amines) is 1. The van der Waals surface area contributed by atoms with E-state index in [0.717, 1.165) is 50.6 Å². The van der Waals surface area contributed by atoms with Gasteiger partial charge in [0.05, 0.1) is 11.3 Å². The Morgan fingerprint density at radius 3 is 2.34 bits per heavy atom. The third-order valence-corrected chi connectivity index (χ3v) is 5.61. The van der Waals surface area contributed by atoms with Gasteiger partial charge in [-0.05, 0) is 24.7 Å². The first kappa shape index (κ1) is 28.5. The molecule has 0 radical (unpaired) electrons. The van der Waals surface area contributed by atoms with Crippen LogP contribution in [0.1, 0.15) is 30.4 Å². The molecule has 6 nitrogen and oxygen atoms in total. The molecule has 0 saturated carbocycles. The molecule has 182 valence electrons. The van der Waals surface area contributed by atoms with Crippen molar-refractivity contribution in [1.29, 1.82) is 0 Å². The van der Waals surface area contributed by atoms with Gasteiger partial charge >= 0.3 is 6.18 Å². The molecule has 1 aromatic rings. The van der Waals surface area contributed by atoms with Gasteiger partial charge in [0.15, 0.2) is 0 Å². The second kappa shape index (κ2) is 13.2. The highest BCUT2D eigenvalue weighted by Crippen LogP contribution is 2.29. The number of piperidine rings is 1. The van der Waals surface area contributed by atoms with Crippen LogP contribution >= 0.6 is 24.8 Å². The molecule has 0 spiro atoms. The van der Waals surface area contributed by atoms with E-state index in [9.17, 15) is 18.0 Å². The van der Waals surface area contributed by atoms with E-state index in [2.05, 4.69) is 22.0 Å². The van der Waals surface area contributed by atoms with Gasteiger partial charge < -0.3 is 19.5 Å². The molecule has 0 unspecified atom stereocenters. The number of piperazine rings is 1. The Morgan fingerprint density at radius 2 is 1.72 bits per heavy atom. The fourth-order valence-corrected chi connectivity index (χ4v) is 3.62. The molecule has 0 N–H and O–H groups in total. The lowest BCUT2D eigenvalue weighted by atomic mass is 10.1. The van der Waals surface area contributed by atoms with Crippen LogP contribution in [0.2, 0.25) is 0 Å². The van der Waals surface area contributed by atoms with Crippen LogP contribution in [0, 0.1) is 0 Å². The van der Waals surface area contributed by atoms with Gasteiger partial charge in [-0.25, -0.2) is 0 Å². The van der Waals surface area contributed by atoms with E-state index in [-0.39, 0.29) is 37.3 Å². The van der Waals surface area contributed by atoms with E-state index in [1.165, 1.54) is 6.07 Å². The maximum absolute atomic E-state index is 12.8. The number of amides is 1. The summed E-state index contributed by atoms with van der Waals surface area (Å²) in [6.45, 7) is 6.08. The van der Waals surface area contributed by atoms with Crippen molar-refractivity contribution in [1.82, 2.24) is 14.7 Å². The average Bonchev–Trinajstić information content (AvgIpc) is 2.73. The van der Waals surface area contributed by atoms with Crippen molar-refractivity contribution in [2.75, 3.05) is 52.9 Å². The second-order valence-corrected chi connectivity index (χ2v) is 7.90. The monoisotopic (exact) mass is 498 g/mol. The summed E-state index contributed by atoms with van der Waals surface area (Å²) >= 11 is 0. The summed E-state index contributed by atoms with van der Waals surface area (Å²) in [6, 6.07) is 5.05. The van der Waals surface area contributed by atoms with E-state index in [1.54, 1.807) is 6.07 Å². The van der Waals surface area contributed by atoms with Gasteiger partial charge in [0.1, 0.15) is 6.61 Å². The lowest BCUT2D eigenvalue weighted by Gasteiger charge is -2.33. The van der Waals surface area contributed by atoms with Gasteiger partial charge in [-0.2, -0.15) is 13.2 Å². The van der Waals surface area contributed by atoms with E-state index in [1.807, 2.05) is 4.90 Å². The highest BCUT2D eigenvalue weighted by molar-refractivity contribution is 5.87. The topological polar surface area (TPSA) is 48.4 Å². The van der Waals surface area contributed by atoms with Crippen LogP contribution < -0.4 is 0 Å². The zero-order chi connectivity index (χ0) is 21.6. The van der Waals surface area contributed by atoms with Crippen LogP contribution in [-0.4, -0.2) is 79.2 Å². The summed E-state index contributed by atoms with van der Waals surface area (Å²) in [5, 5.41) is 4.08. The van der Waals surface area contributed by atoms with E-state index >= 15 is 0 Å². The minimum Gasteiger partial charge on any atom is -0.391 e. The third-order valence-electron chi connectivity index (χ3n) is 5.61. The van der Waals surface area contributed by atoms with Crippen LogP contribution in [0.5, 0.6) is 0 Å². The molecule has 0 aliphatic carbocycles. The Labute approximate surface area is 199 Å². The van der Waals surface area contributed by atoms with Crippen LogP contribution in [-0.2, 0) is 22.4 Å². The highest BCUT2D eigenvalue weighted by atomic mass is 35.5. The number of nitrogens with zero attached hydrogens (tertiary/aromatic N) is 4. The quantitative estimate of drug-likeness (QED) is 0.561. The highest BCUT2D eigenvalue weighted by Gasteiger charge is 2.30. The van der Waals surface area contributed by atoms with Crippen molar-refractivity contribution in [2.45, 2.75) is 32.0 Å². The Morgan fingerprint density at radius 1 is 1.06 bits per heavy atom. The van der Waals surface area contributed by atoms with Gasteiger partial charge in [-0.15, -0.1) is 24.8 Å². The molecular formula is C21H31Cl2F3N4O2. The SMILES string of the molecule is CN1CCN(CCC(=O)N2CCC(=NOCc3cccc(C(F)(F)F)c3)CC2)CC1.Cl.Cl. The molecule has 0 bridgehead atoms. The lowest BCUT2D eigenvalue weighted by molar-refractivity contribution is -0.137. The van der Waals surface area contributed by atoms with Crippen molar-refractivity contribution >= 4 is 36.4 Å². The van der Waals surface area contributed by atoms with Crippen molar-refractivity contribution < 1.29 is 22.8 Å². The molecule has 2 aliphatic rings. The molecule has 11 heteroatoms. The Balaban J connectivity index is 0.00000256. The molecule has 0 atom stereocenters. The van der Waals surface area contributed by atoms with E-state index in [0.29, 0.717) is 37.9 Å². The summed E-state index contributed by atoms with van der Waals surface area (Å²) in [5.41, 5.74) is 0.565. The van der Waals surface area contributed by atoms with Crippen LogP contribution in [0.4, 0.5) is 13.2 Å². The molecule has 1 amide bonds.